The molecule has 112 valence electrons. The highest BCUT2D eigenvalue weighted by molar-refractivity contribution is 5.88. The molecule has 0 saturated heterocycles. The summed E-state index contributed by atoms with van der Waals surface area (Å²) >= 11 is 0. The number of nitrogens with zero attached hydrogens (tertiary/aromatic N) is 2. The number of rotatable bonds is 4. The highest BCUT2D eigenvalue weighted by atomic mass is 16.5. The van der Waals surface area contributed by atoms with Crippen LogP contribution in [0.1, 0.15) is 42.1 Å². The zero-order valence-electron chi connectivity index (χ0n) is 12.7. The van der Waals surface area contributed by atoms with E-state index in [1.165, 1.54) is 0 Å². The SMILES string of the molecule is CC[C@@H](NC(=O)Nc1cccc(C)n1)c1c(C)noc1C. The minimum atomic E-state index is -0.292. The monoisotopic (exact) mass is 288 g/mol. The molecule has 2 heterocycles. The van der Waals surface area contributed by atoms with Crippen LogP contribution in [-0.4, -0.2) is 16.2 Å². The highest BCUT2D eigenvalue weighted by Crippen LogP contribution is 2.23. The van der Waals surface area contributed by atoms with Gasteiger partial charge in [-0.15, -0.1) is 0 Å². The molecule has 2 aromatic rings. The number of anilines is 1. The Morgan fingerprint density at radius 1 is 1.33 bits per heavy atom. The number of carbonyl (C=O) groups excluding carboxylic acids is 1. The zero-order chi connectivity index (χ0) is 15.4. The van der Waals surface area contributed by atoms with Crippen molar-refractivity contribution in [2.75, 3.05) is 5.32 Å². The van der Waals surface area contributed by atoms with Crippen LogP contribution in [0.2, 0.25) is 0 Å². The predicted molar refractivity (Wildman–Crippen MR) is 80.1 cm³/mol. The molecule has 0 radical (unpaired) electrons. The number of hydrogen-bond acceptors (Lipinski definition) is 4. The van der Waals surface area contributed by atoms with E-state index in [2.05, 4.69) is 20.8 Å². The van der Waals surface area contributed by atoms with Crippen molar-refractivity contribution < 1.29 is 9.32 Å². The molecular weight excluding hydrogens is 268 g/mol. The molecule has 0 aromatic carbocycles. The minimum absolute atomic E-state index is 0.138. The first kappa shape index (κ1) is 15.0. The van der Waals surface area contributed by atoms with E-state index in [0.717, 1.165) is 29.1 Å². The maximum absolute atomic E-state index is 12.1. The molecule has 0 saturated carbocycles. The number of carbonyl (C=O) groups is 1. The lowest BCUT2D eigenvalue weighted by atomic mass is 10.0. The molecular formula is C15H20N4O2. The number of aryl methyl sites for hydroxylation is 3. The molecule has 2 amide bonds. The Labute approximate surface area is 123 Å². The second-order valence-electron chi connectivity index (χ2n) is 4.96. The molecule has 0 fully saturated rings. The van der Waals surface area contributed by atoms with Crippen molar-refractivity contribution in [3.05, 3.63) is 40.9 Å². The van der Waals surface area contributed by atoms with Crippen LogP contribution in [0.15, 0.2) is 22.7 Å². The second-order valence-corrected chi connectivity index (χ2v) is 4.96. The summed E-state index contributed by atoms with van der Waals surface area (Å²) in [7, 11) is 0. The summed E-state index contributed by atoms with van der Waals surface area (Å²) in [5.41, 5.74) is 2.59. The van der Waals surface area contributed by atoms with Gasteiger partial charge in [-0.1, -0.05) is 18.1 Å². The van der Waals surface area contributed by atoms with Crippen LogP contribution in [0.5, 0.6) is 0 Å². The molecule has 1 atom stereocenters. The van der Waals surface area contributed by atoms with Crippen molar-refractivity contribution in [3.8, 4) is 0 Å². The molecule has 2 aromatic heterocycles. The van der Waals surface area contributed by atoms with Crippen molar-refractivity contribution >= 4 is 11.8 Å². The number of urea groups is 1. The summed E-state index contributed by atoms with van der Waals surface area (Å²) in [6.45, 7) is 7.60. The molecule has 2 rings (SSSR count). The number of pyridine rings is 1. The van der Waals surface area contributed by atoms with E-state index in [1.54, 1.807) is 6.07 Å². The highest BCUT2D eigenvalue weighted by Gasteiger charge is 2.20. The van der Waals surface area contributed by atoms with Crippen LogP contribution in [0.3, 0.4) is 0 Å². The Morgan fingerprint density at radius 3 is 2.67 bits per heavy atom. The number of aromatic nitrogens is 2. The van der Waals surface area contributed by atoms with E-state index in [4.69, 9.17) is 4.52 Å². The topological polar surface area (TPSA) is 80.0 Å². The summed E-state index contributed by atoms with van der Waals surface area (Å²) in [5, 5.41) is 9.59. The largest absolute Gasteiger partial charge is 0.361 e. The molecule has 6 nitrogen and oxygen atoms in total. The van der Waals surface area contributed by atoms with Crippen LogP contribution in [0.4, 0.5) is 10.6 Å². The standard InChI is InChI=1S/C15H20N4O2/c1-5-12(14-10(3)19-21-11(14)4)17-15(20)18-13-8-6-7-9(2)16-13/h6-8,12H,5H2,1-4H3,(H2,16,17,18,20)/t12-/m1/s1. The van der Waals surface area contributed by atoms with E-state index in [-0.39, 0.29) is 12.1 Å². The van der Waals surface area contributed by atoms with Crippen LogP contribution in [0, 0.1) is 20.8 Å². The third kappa shape index (κ3) is 3.59. The van der Waals surface area contributed by atoms with Crippen molar-refractivity contribution in [3.63, 3.8) is 0 Å². The smallest absolute Gasteiger partial charge is 0.320 e. The summed E-state index contributed by atoms with van der Waals surface area (Å²) in [4.78, 5) is 16.3. The van der Waals surface area contributed by atoms with E-state index >= 15 is 0 Å². The fourth-order valence-electron chi connectivity index (χ4n) is 2.29. The number of hydrogen-bond donors (Lipinski definition) is 2. The lowest BCUT2D eigenvalue weighted by Crippen LogP contribution is -2.33. The van der Waals surface area contributed by atoms with Gasteiger partial charge < -0.3 is 9.84 Å². The van der Waals surface area contributed by atoms with Crippen LogP contribution in [0.25, 0.3) is 0 Å². The van der Waals surface area contributed by atoms with Gasteiger partial charge in [-0.05, 0) is 39.3 Å². The van der Waals surface area contributed by atoms with Gasteiger partial charge in [-0.25, -0.2) is 9.78 Å². The van der Waals surface area contributed by atoms with Gasteiger partial charge in [0.15, 0.2) is 0 Å². The lowest BCUT2D eigenvalue weighted by molar-refractivity contribution is 0.248. The van der Waals surface area contributed by atoms with Crippen LogP contribution < -0.4 is 10.6 Å². The van der Waals surface area contributed by atoms with Crippen LogP contribution >= 0.6 is 0 Å². The van der Waals surface area contributed by atoms with E-state index in [0.29, 0.717) is 5.82 Å². The molecule has 0 aliphatic carbocycles. The number of amides is 2. The average Bonchev–Trinajstić information content (AvgIpc) is 2.76. The Kier molecular flexibility index (Phi) is 4.57. The first-order chi connectivity index (χ1) is 10.0. The maximum atomic E-state index is 12.1. The summed E-state index contributed by atoms with van der Waals surface area (Å²) < 4.78 is 5.16. The van der Waals surface area contributed by atoms with Crippen molar-refractivity contribution in [2.24, 2.45) is 0 Å². The number of nitrogens with one attached hydrogen (secondary N) is 2. The predicted octanol–water partition coefficient (Wildman–Crippen LogP) is 3.27. The quantitative estimate of drug-likeness (QED) is 0.904. The van der Waals surface area contributed by atoms with Crippen molar-refractivity contribution in [1.82, 2.24) is 15.5 Å². The Balaban J connectivity index is 2.07. The van der Waals surface area contributed by atoms with Gasteiger partial charge in [0.1, 0.15) is 11.6 Å². The summed E-state index contributed by atoms with van der Waals surface area (Å²) in [6.07, 6.45) is 0.748. The Bertz CT molecular complexity index is 617. The molecule has 2 N–H and O–H groups in total. The van der Waals surface area contributed by atoms with Gasteiger partial charge in [0.25, 0.3) is 0 Å². The Morgan fingerprint density at radius 2 is 2.10 bits per heavy atom. The van der Waals surface area contributed by atoms with E-state index < -0.39 is 0 Å². The average molecular weight is 288 g/mol. The maximum Gasteiger partial charge on any atom is 0.320 e. The summed E-state index contributed by atoms with van der Waals surface area (Å²) in [6, 6.07) is 5.05. The van der Waals surface area contributed by atoms with Gasteiger partial charge in [0, 0.05) is 11.3 Å². The first-order valence-electron chi connectivity index (χ1n) is 6.95. The van der Waals surface area contributed by atoms with Gasteiger partial charge in [-0.2, -0.15) is 0 Å². The van der Waals surface area contributed by atoms with Crippen molar-refractivity contribution in [2.45, 2.75) is 40.2 Å². The third-order valence-electron chi connectivity index (χ3n) is 3.28. The fourth-order valence-corrected chi connectivity index (χ4v) is 2.29. The third-order valence-corrected chi connectivity index (χ3v) is 3.28. The molecule has 0 aliphatic rings. The Hall–Kier alpha value is -2.37. The zero-order valence-corrected chi connectivity index (χ0v) is 12.7. The van der Waals surface area contributed by atoms with Crippen LogP contribution in [-0.2, 0) is 0 Å². The van der Waals surface area contributed by atoms with E-state index in [9.17, 15) is 4.79 Å². The molecule has 0 spiro atoms. The second kappa shape index (κ2) is 6.39. The van der Waals surface area contributed by atoms with Crippen molar-refractivity contribution in [1.29, 1.82) is 0 Å². The molecule has 0 unspecified atom stereocenters. The fraction of sp³-hybridized carbons (Fsp3) is 0.400. The van der Waals surface area contributed by atoms with Gasteiger partial charge in [-0.3, -0.25) is 5.32 Å². The van der Waals surface area contributed by atoms with Gasteiger partial charge in [0.05, 0.1) is 11.7 Å². The molecule has 0 aliphatic heterocycles. The van der Waals surface area contributed by atoms with Gasteiger partial charge in [0.2, 0.25) is 0 Å². The molecule has 6 heteroatoms. The molecule has 21 heavy (non-hydrogen) atoms. The summed E-state index contributed by atoms with van der Waals surface area (Å²) in [5.74, 6) is 1.26. The minimum Gasteiger partial charge on any atom is -0.361 e. The normalized spacial score (nSPS) is 12.0. The lowest BCUT2D eigenvalue weighted by Gasteiger charge is -2.17. The van der Waals surface area contributed by atoms with E-state index in [1.807, 2.05) is 39.8 Å². The molecule has 0 bridgehead atoms. The van der Waals surface area contributed by atoms with Gasteiger partial charge >= 0.3 is 6.03 Å². The first-order valence-corrected chi connectivity index (χ1v) is 6.95.